The number of para-hydroxylation sites is 2. The minimum atomic E-state index is -0.409. The van der Waals surface area contributed by atoms with Crippen molar-refractivity contribution in [3.05, 3.63) is 70.9 Å². The van der Waals surface area contributed by atoms with Gasteiger partial charge in [0.15, 0.2) is 0 Å². The number of nitrogens with one attached hydrogen (secondary N) is 2. The molecule has 4 rings (SSSR count). The minimum Gasteiger partial charge on any atom is -0.282 e. The lowest BCUT2D eigenvalue weighted by Crippen LogP contribution is -2.21. The molecule has 0 bridgehead atoms. The first-order valence-electron chi connectivity index (χ1n) is 7.68. The molecule has 1 aliphatic heterocycles. The number of imidazole rings is 1. The van der Waals surface area contributed by atoms with Crippen LogP contribution in [0.1, 0.15) is 15.9 Å². The lowest BCUT2D eigenvalue weighted by atomic mass is 10.1. The first kappa shape index (κ1) is 16.1. The van der Waals surface area contributed by atoms with Gasteiger partial charge in [-0.05, 0) is 47.7 Å². The van der Waals surface area contributed by atoms with Gasteiger partial charge in [0.1, 0.15) is 6.33 Å². The summed E-state index contributed by atoms with van der Waals surface area (Å²) in [5.41, 5.74) is 5.55. The van der Waals surface area contributed by atoms with E-state index in [1.165, 1.54) is 0 Å². The Bertz CT molecular complexity index is 1070. The summed E-state index contributed by atoms with van der Waals surface area (Å²) in [7, 11) is 0. The largest absolute Gasteiger partial charge is 0.290 e. The number of carbonyl (C=O) groups is 3. The molecule has 3 aromatic rings. The summed E-state index contributed by atoms with van der Waals surface area (Å²) in [5.74, 6) is -0.690. The molecular formula is C18H12N4O3S. The van der Waals surface area contributed by atoms with Gasteiger partial charge in [0.2, 0.25) is 0 Å². The van der Waals surface area contributed by atoms with Crippen LogP contribution in [0.4, 0.5) is 4.79 Å². The van der Waals surface area contributed by atoms with Crippen LogP contribution in [0.25, 0.3) is 17.1 Å². The van der Waals surface area contributed by atoms with Crippen molar-refractivity contribution >= 4 is 45.9 Å². The number of fused-ring (bicyclic) bond motifs is 1. The standard InChI is InChI=1S/C18H12N4O3S/c23-16(21-22-10-19-13-3-1-2-4-14(13)22)12-7-5-11(6-8-12)9-15-17(24)20-18(25)26-15/h1-10H,(H,21,23)(H,20,24,25)/b15-9-. The van der Waals surface area contributed by atoms with Crippen LogP contribution < -0.4 is 10.7 Å². The number of hydrogen-bond acceptors (Lipinski definition) is 5. The van der Waals surface area contributed by atoms with Crippen molar-refractivity contribution in [1.82, 2.24) is 15.0 Å². The number of nitrogens with zero attached hydrogens (tertiary/aromatic N) is 2. The van der Waals surface area contributed by atoms with Crippen molar-refractivity contribution in [3.8, 4) is 0 Å². The molecular weight excluding hydrogens is 352 g/mol. The van der Waals surface area contributed by atoms with E-state index in [0.29, 0.717) is 10.5 Å². The maximum Gasteiger partial charge on any atom is 0.290 e. The molecule has 0 spiro atoms. The highest BCUT2D eigenvalue weighted by molar-refractivity contribution is 8.18. The average molecular weight is 364 g/mol. The van der Waals surface area contributed by atoms with Crippen molar-refractivity contribution in [2.24, 2.45) is 0 Å². The Morgan fingerprint density at radius 2 is 1.88 bits per heavy atom. The molecule has 8 heteroatoms. The number of rotatable bonds is 3. The Balaban J connectivity index is 1.51. The van der Waals surface area contributed by atoms with Crippen LogP contribution in [0.15, 0.2) is 59.8 Å². The maximum atomic E-state index is 12.4. The Morgan fingerprint density at radius 3 is 2.62 bits per heavy atom. The number of benzene rings is 2. The Labute approximate surface area is 152 Å². The van der Waals surface area contributed by atoms with Crippen LogP contribution in [0.5, 0.6) is 0 Å². The zero-order chi connectivity index (χ0) is 18.1. The van der Waals surface area contributed by atoms with Crippen molar-refractivity contribution in [2.45, 2.75) is 0 Å². The van der Waals surface area contributed by atoms with Gasteiger partial charge >= 0.3 is 0 Å². The predicted octanol–water partition coefficient (Wildman–Crippen LogP) is 2.74. The summed E-state index contributed by atoms with van der Waals surface area (Å²) in [4.78, 5) is 39.7. The highest BCUT2D eigenvalue weighted by Gasteiger charge is 2.24. The van der Waals surface area contributed by atoms with Gasteiger partial charge in [-0.15, -0.1) is 0 Å². The number of aromatic nitrogens is 2. The zero-order valence-corrected chi connectivity index (χ0v) is 14.1. The molecule has 1 fully saturated rings. The summed E-state index contributed by atoms with van der Waals surface area (Å²) in [6.07, 6.45) is 3.16. The second kappa shape index (κ2) is 6.49. The third-order valence-electron chi connectivity index (χ3n) is 3.79. The lowest BCUT2D eigenvalue weighted by Gasteiger charge is -2.07. The van der Waals surface area contributed by atoms with E-state index < -0.39 is 5.91 Å². The first-order chi connectivity index (χ1) is 12.6. The van der Waals surface area contributed by atoms with Crippen molar-refractivity contribution in [3.63, 3.8) is 0 Å². The highest BCUT2D eigenvalue weighted by Crippen LogP contribution is 2.25. The SMILES string of the molecule is O=C1NC(=O)/C(=C/c2ccc(C(=O)Nn3cnc4ccccc43)cc2)S1. The number of hydrogen-bond donors (Lipinski definition) is 2. The molecule has 0 radical (unpaired) electrons. The van der Waals surface area contributed by atoms with Crippen LogP contribution in [0.3, 0.4) is 0 Å². The molecule has 26 heavy (non-hydrogen) atoms. The lowest BCUT2D eigenvalue weighted by molar-refractivity contribution is -0.115. The number of carbonyl (C=O) groups excluding carboxylic acids is 3. The van der Waals surface area contributed by atoms with Crippen LogP contribution >= 0.6 is 11.8 Å². The minimum absolute atomic E-state index is 0.282. The van der Waals surface area contributed by atoms with Gasteiger partial charge in [-0.25, -0.2) is 9.66 Å². The molecule has 2 heterocycles. The Morgan fingerprint density at radius 1 is 1.12 bits per heavy atom. The van der Waals surface area contributed by atoms with E-state index in [0.717, 1.165) is 28.4 Å². The summed E-state index contributed by atoms with van der Waals surface area (Å²) in [6.45, 7) is 0. The fourth-order valence-corrected chi connectivity index (χ4v) is 3.21. The third-order valence-corrected chi connectivity index (χ3v) is 4.60. The maximum absolute atomic E-state index is 12.4. The van der Waals surface area contributed by atoms with Crippen LogP contribution in [0.2, 0.25) is 0 Å². The van der Waals surface area contributed by atoms with Gasteiger partial charge in [0, 0.05) is 5.56 Å². The summed E-state index contributed by atoms with van der Waals surface area (Å²) in [6, 6.07) is 14.2. The summed E-state index contributed by atoms with van der Waals surface area (Å²) >= 11 is 0.855. The van der Waals surface area contributed by atoms with Gasteiger partial charge in [-0.3, -0.25) is 25.1 Å². The number of amides is 3. The van der Waals surface area contributed by atoms with E-state index in [2.05, 4.69) is 15.7 Å². The van der Waals surface area contributed by atoms with Gasteiger partial charge in [0.25, 0.3) is 17.1 Å². The summed E-state index contributed by atoms with van der Waals surface area (Å²) < 4.78 is 1.57. The second-order valence-electron chi connectivity index (χ2n) is 5.52. The second-order valence-corrected chi connectivity index (χ2v) is 6.53. The van der Waals surface area contributed by atoms with Crippen molar-refractivity contribution in [2.75, 3.05) is 5.43 Å². The van der Waals surface area contributed by atoms with Gasteiger partial charge in [-0.1, -0.05) is 24.3 Å². The van der Waals surface area contributed by atoms with E-state index in [9.17, 15) is 14.4 Å². The van der Waals surface area contributed by atoms with E-state index in [4.69, 9.17) is 0 Å². The molecule has 0 aliphatic carbocycles. The average Bonchev–Trinajstić information content (AvgIpc) is 3.18. The molecule has 3 amide bonds. The van der Waals surface area contributed by atoms with Crippen LogP contribution in [0, 0.1) is 0 Å². The van der Waals surface area contributed by atoms with E-state index >= 15 is 0 Å². The first-order valence-corrected chi connectivity index (χ1v) is 8.50. The van der Waals surface area contributed by atoms with E-state index in [1.54, 1.807) is 41.3 Å². The van der Waals surface area contributed by atoms with Crippen LogP contribution in [-0.4, -0.2) is 26.7 Å². The number of imide groups is 1. The van der Waals surface area contributed by atoms with E-state index in [1.807, 2.05) is 24.3 Å². The highest BCUT2D eigenvalue weighted by atomic mass is 32.2. The topological polar surface area (TPSA) is 93.1 Å². The molecule has 1 aromatic heterocycles. The summed E-state index contributed by atoms with van der Waals surface area (Å²) in [5, 5.41) is 1.82. The van der Waals surface area contributed by atoms with Gasteiger partial charge in [0.05, 0.1) is 15.9 Å². The fourth-order valence-electron chi connectivity index (χ4n) is 2.53. The molecule has 1 aliphatic rings. The normalized spacial score (nSPS) is 15.5. The molecule has 128 valence electrons. The predicted molar refractivity (Wildman–Crippen MR) is 99.0 cm³/mol. The fraction of sp³-hybridized carbons (Fsp3) is 0. The Kier molecular flexibility index (Phi) is 4.02. The van der Waals surface area contributed by atoms with E-state index in [-0.39, 0.29) is 11.1 Å². The zero-order valence-electron chi connectivity index (χ0n) is 13.3. The van der Waals surface area contributed by atoms with Gasteiger partial charge in [-0.2, -0.15) is 0 Å². The van der Waals surface area contributed by atoms with Crippen molar-refractivity contribution < 1.29 is 14.4 Å². The Hall–Kier alpha value is -3.39. The monoisotopic (exact) mass is 364 g/mol. The van der Waals surface area contributed by atoms with Crippen LogP contribution in [-0.2, 0) is 4.79 Å². The van der Waals surface area contributed by atoms with Crippen molar-refractivity contribution in [1.29, 1.82) is 0 Å². The molecule has 0 atom stereocenters. The molecule has 7 nitrogen and oxygen atoms in total. The number of thioether (sulfide) groups is 1. The molecule has 0 unspecified atom stereocenters. The quantitative estimate of drug-likeness (QED) is 0.697. The smallest absolute Gasteiger partial charge is 0.282 e. The molecule has 1 saturated heterocycles. The molecule has 2 aromatic carbocycles. The molecule has 2 N–H and O–H groups in total. The van der Waals surface area contributed by atoms with Gasteiger partial charge < -0.3 is 0 Å². The molecule has 0 saturated carbocycles. The third kappa shape index (κ3) is 3.09.